The summed E-state index contributed by atoms with van der Waals surface area (Å²) in [5.74, 6) is 1.22. The lowest BCUT2D eigenvalue weighted by Crippen LogP contribution is -2.28. The minimum absolute atomic E-state index is 0.0208. The van der Waals surface area contributed by atoms with Crippen LogP contribution in [0.15, 0.2) is 48.8 Å². The normalized spacial score (nSPS) is 12.3. The Morgan fingerprint density at radius 3 is 2.80 bits per heavy atom. The highest BCUT2D eigenvalue weighted by Gasteiger charge is 2.11. The van der Waals surface area contributed by atoms with Crippen LogP contribution < -0.4 is 5.32 Å². The zero-order chi connectivity index (χ0) is 17.8. The van der Waals surface area contributed by atoms with Gasteiger partial charge in [0.25, 0.3) is 0 Å². The first-order chi connectivity index (χ1) is 12.0. The zero-order valence-electron chi connectivity index (χ0n) is 14.8. The van der Waals surface area contributed by atoms with Gasteiger partial charge >= 0.3 is 0 Å². The lowest BCUT2D eigenvalue weighted by Gasteiger charge is -2.16. The minimum Gasteiger partial charge on any atom is -0.349 e. The zero-order valence-corrected chi connectivity index (χ0v) is 15.6. The largest absolute Gasteiger partial charge is 0.349 e. The van der Waals surface area contributed by atoms with Gasteiger partial charge in [-0.3, -0.25) is 4.79 Å². The van der Waals surface area contributed by atoms with Crippen LogP contribution in [0.3, 0.4) is 0 Å². The van der Waals surface area contributed by atoms with E-state index in [1.54, 1.807) is 11.8 Å². The Morgan fingerprint density at radius 2 is 2.00 bits per heavy atom. The summed E-state index contributed by atoms with van der Waals surface area (Å²) in [4.78, 5) is 16.8. The number of hydrogen-bond acceptors (Lipinski definition) is 3. The molecule has 2 heterocycles. The van der Waals surface area contributed by atoms with E-state index in [1.807, 2.05) is 35.7 Å². The second-order valence-electron chi connectivity index (χ2n) is 6.34. The van der Waals surface area contributed by atoms with Crippen molar-refractivity contribution in [2.24, 2.45) is 0 Å². The molecule has 0 fully saturated rings. The number of aromatic nitrogens is 2. The number of rotatable bonds is 6. The van der Waals surface area contributed by atoms with Crippen molar-refractivity contribution in [3.8, 4) is 0 Å². The van der Waals surface area contributed by atoms with Crippen LogP contribution in [0, 0.1) is 13.8 Å². The van der Waals surface area contributed by atoms with Crippen molar-refractivity contribution in [1.29, 1.82) is 0 Å². The highest BCUT2D eigenvalue weighted by atomic mass is 32.2. The Labute approximate surface area is 152 Å². The van der Waals surface area contributed by atoms with Gasteiger partial charge in [-0.2, -0.15) is 0 Å². The van der Waals surface area contributed by atoms with Crippen LogP contribution in [0.2, 0.25) is 0 Å². The quantitative estimate of drug-likeness (QED) is 0.727. The fourth-order valence-corrected chi connectivity index (χ4v) is 3.63. The molecular formula is C20H23N3OS. The number of amides is 1. The molecule has 130 valence electrons. The molecule has 3 aromatic rings. The van der Waals surface area contributed by atoms with Crippen molar-refractivity contribution in [2.75, 3.05) is 5.75 Å². The van der Waals surface area contributed by atoms with Gasteiger partial charge in [0.2, 0.25) is 5.91 Å². The van der Waals surface area contributed by atoms with E-state index in [2.05, 4.69) is 48.5 Å². The molecule has 1 unspecified atom stereocenters. The van der Waals surface area contributed by atoms with Crippen molar-refractivity contribution in [3.05, 3.63) is 71.2 Å². The summed E-state index contributed by atoms with van der Waals surface area (Å²) in [5.41, 5.74) is 5.50. The molecule has 0 aliphatic heterocycles. The Morgan fingerprint density at radius 1 is 1.20 bits per heavy atom. The first-order valence-electron chi connectivity index (χ1n) is 8.40. The first kappa shape index (κ1) is 17.5. The Balaban J connectivity index is 1.51. The van der Waals surface area contributed by atoms with Crippen LogP contribution in [-0.2, 0) is 10.5 Å². The highest BCUT2D eigenvalue weighted by Crippen LogP contribution is 2.18. The van der Waals surface area contributed by atoms with Gasteiger partial charge in [0.15, 0.2) is 0 Å². The maximum absolute atomic E-state index is 12.2. The monoisotopic (exact) mass is 353 g/mol. The molecule has 4 nitrogen and oxygen atoms in total. The molecule has 5 heteroatoms. The SMILES string of the molecule is Cc1ccc2nc(CSCC(=O)NC(C)c3ccccc3C)cn2c1. The summed E-state index contributed by atoms with van der Waals surface area (Å²) in [5, 5.41) is 3.07. The maximum Gasteiger partial charge on any atom is 0.230 e. The first-order valence-corrected chi connectivity index (χ1v) is 9.55. The molecule has 2 aromatic heterocycles. The van der Waals surface area contributed by atoms with Crippen molar-refractivity contribution in [1.82, 2.24) is 14.7 Å². The van der Waals surface area contributed by atoms with Crippen molar-refractivity contribution < 1.29 is 4.79 Å². The number of nitrogens with zero attached hydrogens (tertiary/aromatic N) is 2. The van der Waals surface area contributed by atoms with Crippen LogP contribution >= 0.6 is 11.8 Å². The van der Waals surface area contributed by atoms with E-state index in [0.717, 1.165) is 22.7 Å². The molecule has 1 aromatic carbocycles. The predicted octanol–water partition coefficient (Wildman–Crippen LogP) is 4.06. The molecule has 1 amide bonds. The van der Waals surface area contributed by atoms with Crippen LogP contribution in [0.5, 0.6) is 0 Å². The summed E-state index contributed by atoms with van der Waals surface area (Å²) < 4.78 is 2.03. The maximum atomic E-state index is 12.2. The molecule has 0 aliphatic rings. The average molecular weight is 353 g/mol. The van der Waals surface area contributed by atoms with Gasteiger partial charge in [-0.15, -0.1) is 11.8 Å². The van der Waals surface area contributed by atoms with E-state index in [-0.39, 0.29) is 11.9 Å². The average Bonchev–Trinajstić information content (AvgIpc) is 2.96. The van der Waals surface area contributed by atoms with Gasteiger partial charge in [-0.1, -0.05) is 30.3 Å². The number of fused-ring (bicyclic) bond motifs is 1. The number of nitrogens with one attached hydrogen (secondary N) is 1. The number of pyridine rings is 1. The molecule has 0 aliphatic carbocycles. The summed E-state index contributed by atoms with van der Waals surface area (Å²) in [6, 6.07) is 12.2. The minimum atomic E-state index is 0.0208. The number of carbonyl (C=O) groups excluding carboxylic acids is 1. The van der Waals surface area contributed by atoms with E-state index in [4.69, 9.17) is 0 Å². The lowest BCUT2D eigenvalue weighted by atomic mass is 10.0. The number of benzene rings is 1. The van der Waals surface area contributed by atoms with E-state index >= 15 is 0 Å². The molecule has 0 saturated carbocycles. The highest BCUT2D eigenvalue weighted by molar-refractivity contribution is 7.99. The third kappa shape index (κ3) is 4.42. The summed E-state index contributed by atoms with van der Waals surface area (Å²) in [6.07, 6.45) is 4.09. The number of thioether (sulfide) groups is 1. The fourth-order valence-electron chi connectivity index (χ4n) is 2.91. The second-order valence-corrected chi connectivity index (χ2v) is 7.33. The van der Waals surface area contributed by atoms with E-state index in [9.17, 15) is 4.79 Å². The van der Waals surface area contributed by atoms with E-state index < -0.39 is 0 Å². The van der Waals surface area contributed by atoms with Gasteiger partial charge in [-0.25, -0.2) is 4.98 Å². The topological polar surface area (TPSA) is 46.4 Å². The molecule has 1 atom stereocenters. The smallest absolute Gasteiger partial charge is 0.230 e. The Hall–Kier alpha value is -2.27. The van der Waals surface area contributed by atoms with Gasteiger partial charge in [0.1, 0.15) is 5.65 Å². The molecule has 0 radical (unpaired) electrons. The molecule has 3 rings (SSSR count). The van der Waals surface area contributed by atoms with Gasteiger partial charge in [0.05, 0.1) is 17.5 Å². The van der Waals surface area contributed by atoms with Crippen LogP contribution in [0.1, 0.15) is 35.3 Å². The summed E-state index contributed by atoms with van der Waals surface area (Å²) in [7, 11) is 0. The number of aryl methyl sites for hydroxylation is 2. The molecule has 0 spiro atoms. The van der Waals surface area contributed by atoms with Crippen LogP contribution in [0.4, 0.5) is 0 Å². The molecule has 25 heavy (non-hydrogen) atoms. The number of carbonyl (C=O) groups is 1. The van der Waals surface area contributed by atoms with Gasteiger partial charge in [0, 0.05) is 18.1 Å². The van der Waals surface area contributed by atoms with E-state index in [0.29, 0.717) is 5.75 Å². The number of hydrogen-bond donors (Lipinski definition) is 1. The predicted molar refractivity (Wildman–Crippen MR) is 104 cm³/mol. The van der Waals surface area contributed by atoms with E-state index in [1.165, 1.54) is 11.1 Å². The van der Waals surface area contributed by atoms with Gasteiger partial charge in [-0.05, 0) is 43.5 Å². The Kier molecular flexibility index (Phi) is 5.43. The van der Waals surface area contributed by atoms with Crippen LogP contribution in [0.25, 0.3) is 5.65 Å². The molecular weight excluding hydrogens is 330 g/mol. The molecule has 0 bridgehead atoms. The fraction of sp³-hybridized carbons (Fsp3) is 0.300. The third-order valence-corrected chi connectivity index (χ3v) is 5.13. The standard InChI is InChI=1S/C20H23N3OS/c1-14-8-9-19-22-17(11-23(19)10-14)12-25-13-20(24)21-16(3)18-7-5-4-6-15(18)2/h4-11,16H,12-13H2,1-3H3,(H,21,24). The Bertz CT molecular complexity index is 888. The van der Waals surface area contributed by atoms with Crippen molar-refractivity contribution in [3.63, 3.8) is 0 Å². The summed E-state index contributed by atoms with van der Waals surface area (Å²) >= 11 is 1.59. The molecule has 0 saturated heterocycles. The third-order valence-electron chi connectivity index (χ3n) is 4.16. The van der Waals surface area contributed by atoms with Crippen molar-refractivity contribution >= 4 is 23.3 Å². The van der Waals surface area contributed by atoms with Crippen LogP contribution in [-0.4, -0.2) is 21.0 Å². The second kappa shape index (κ2) is 7.74. The molecule has 1 N–H and O–H groups in total. The summed E-state index contributed by atoms with van der Waals surface area (Å²) in [6.45, 7) is 6.15. The number of imidazole rings is 1. The van der Waals surface area contributed by atoms with Gasteiger partial charge < -0.3 is 9.72 Å². The lowest BCUT2D eigenvalue weighted by molar-refractivity contribution is -0.119. The van der Waals surface area contributed by atoms with Crippen molar-refractivity contribution in [2.45, 2.75) is 32.6 Å².